The molecule has 0 unspecified atom stereocenters. The minimum Gasteiger partial charge on any atom is -0.0843 e. The molecule has 0 nitrogen and oxygen atoms in total. The fourth-order valence-electron chi connectivity index (χ4n) is 8.58. The van der Waals surface area contributed by atoms with Crippen LogP contribution in [-0.4, -0.2) is 0 Å². The first-order chi connectivity index (χ1) is 22.7. The van der Waals surface area contributed by atoms with Gasteiger partial charge < -0.3 is 0 Å². The number of hydrogen-bond donors (Lipinski definition) is 0. The van der Waals surface area contributed by atoms with E-state index < -0.39 is 5.41 Å². The summed E-state index contributed by atoms with van der Waals surface area (Å²) in [4.78, 5) is 0. The summed E-state index contributed by atoms with van der Waals surface area (Å²) in [6.07, 6.45) is 0. The third kappa shape index (κ3) is 3.29. The Hall–Kier alpha value is -5.43. The van der Waals surface area contributed by atoms with Crippen LogP contribution in [0, 0.1) is 0 Å². The van der Waals surface area contributed by atoms with E-state index in [4.69, 9.17) is 11.6 Å². The molecule has 0 radical (unpaired) electrons. The monoisotopic (exact) mass is 602 g/mol. The molecule has 46 heavy (non-hydrogen) atoms. The van der Waals surface area contributed by atoms with Crippen molar-refractivity contribution < 1.29 is 0 Å². The summed E-state index contributed by atoms with van der Waals surface area (Å²) in [6.45, 7) is 0. The predicted octanol–water partition coefficient (Wildman–Crippen LogP) is 12.5. The average molecular weight is 603 g/mol. The maximum atomic E-state index is 6.80. The predicted molar refractivity (Wildman–Crippen MR) is 196 cm³/mol. The lowest BCUT2D eigenvalue weighted by Crippen LogP contribution is -2.28. The Balaban J connectivity index is 1.49. The van der Waals surface area contributed by atoms with Crippen molar-refractivity contribution in [1.82, 2.24) is 0 Å². The van der Waals surface area contributed by atoms with E-state index in [1.165, 1.54) is 87.2 Å². The smallest absolute Gasteiger partial charge is 0.0713 e. The molecule has 10 rings (SSSR count). The second-order valence-electron chi connectivity index (χ2n) is 12.5. The van der Waals surface area contributed by atoms with E-state index in [-0.39, 0.29) is 0 Å². The molecule has 1 aliphatic rings. The molecule has 0 heterocycles. The molecular weight excluding hydrogens is 576 g/mol. The Morgan fingerprint density at radius 1 is 0.326 bits per heavy atom. The van der Waals surface area contributed by atoms with Crippen LogP contribution in [0.15, 0.2) is 164 Å². The Morgan fingerprint density at radius 3 is 1.46 bits per heavy atom. The zero-order valence-electron chi connectivity index (χ0n) is 25.0. The molecule has 0 saturated carbocycles. The topological polar surface area (TPSA) is 0 Å². The van der Waals surface area contributed by atoms with E-state index in [0.29, 0.717) is 0 Å². The fourth-order valence-corrected chi connectivity index (χ4v) is 8.75. The van der Waals surface area contributed by atoms with Crippen LogP contribution in [0.1, 0.15) is 22.3 Å². The first-order valence-corrected chi connectivity index (χ1v) is 16.3. The molecule has 0 N–H and O–H groups in total. The van der Waals surface area contributed by atoms with Crippen molar-refractivity contribution >= 4 is 65.5 Å². The first kappa shape index (κ1) is 25.9. The van der Waals surface area contributed by atoms with Crippen molar-refractivity contribution in [3.8, 4) is 11.1 Å². The van der Waals surface area contributed by atoms with Gasteiger partial charge in [-0.2, -0.15) is 0 Å². The molecule has 0 bridgehead atoms. The van der Waals surface area contributed by atoms with Gasteiger partial charge in [0.05, 0.1) is 5.41 Å². The molecule has 0 amide bonds. The Bertz CT molecular complexity index is 2650. The molecule has 0 aliphatic heterocycles. The number of hydrogen-bond acceptors (Lipinski definition) is 0. The van der Waals surface area contributed by atoms with Crippen molar-refractivity contribution in [1.29, 1.82) is 0 Å². The quantitative estimate of drug-likeness (QED) is 0.173. The van der Waals surface area contributed by atoms with Gasteiger partial charge in [0.2, 0.25) is 0 Å². The molecule has 0 spiro atoms. The number of rotatable bonds is 2. The fraction of sp³-hybridized carbons (Fsp3) is 0.0222. The molecular formula is C45H27Cl. The molecule has 0 aromatic heterocycles. The third-order valence-corrected chi connectivity index (χ3v) is 10.6. The highest BCUT2D eigenvalue weighted by Crippen LogP contribution is 2.58. The minimum atomic E-state index is -0.457. The van der Waals surface area contributed by atoms with Crippen LogP contribution in [0.4, 0.5) is 0 Å². The van der Waals surface area contributed by atoms with E-state index in [2.05, 4.69) is 158 Å². The van der Waals surface area contributed by atoms with E-state index >= 15 is 0 Å². The van der Waals surface area contributed by atoms with Gasteiger partial charge in [0.25, 0.3) is 0 Å². The highest BCUT2D eigenvalue weighted by molar-refractivity contribution is 6.41. The lowest BCUT2D eigenvalue weighted by Gasteiger charge is -2.34. The van der Waals surface area contributed by atoms with Crippen molar-refractivity contribution in [2.24, 2.45) is 0 Å². The Kier molecular flexibility index (Phi) is 5.36. The van der Waals surface area contributed by atoms with E-state index in [1.54, 1.807) is 0 Å². The van der Waals surface area contributed by atoms with Gasteiger partial charge in [0.15, 0.2) is 0 Å². The van der Waals surface area contributed by atoms with Gasteiger partial charge in [-0.25, -0.2) is 0 Å². The van der Waals surface area contributed by atoms with Crippen molar-refractivity contribution in [3.05, 3.63) is 191 Å². The van der Waals surface area contributed by atoms with Gasteiger partial charge >= 0.3 is 0 Å². The van der Waals surface area contributed by atoms with Gasteiger partial charge in [0.1, 0.15) is 0 Å². The molecule has 9 aromatic carbocycles. The summed E-state index contributed by atoms with van der Waals surface area (Å²) in [5, 5.41) is 13.3. The van der Waals surface area contributed by atoms with Gasteiger partial charge in [-0.05, 0) is 112 Å². The maximum Gasteiger partial charge on any atom is 0.0713 e. The van der Waals surface area contributed by atoms with E-state index in [9.17, 15) is 0 Å². The summed E-state index contributed by atoms with van der Waals surface area (Å²) < 4.78 is 0. The Labute approximate surface area is 272 Å². The van der Waals surface area contributed by atoms with Crippen molar-refractivity contribution in [2.45, 2.75) is 5.41 Å². The molecule has 0 saturated heterocycles. The highest BCUT2D eigenvalue weighted by Gasteiger charge is 2.46. The van der Waals surface area contributed by atoms with E-state index in [1.807, 2.05) is 6.07 Å². The molecule has 0 atom stereocenters. The van der Waals surface area contributed by atoms with Crippen LogP contribution in [0.25, 0.3) is 65.0 Å². The van der Waals surface area contributed by atoms with Crippen molar-refractivity contribution in [3.63, 3.8) is 0 Å². The summed E-state index contributed by atoms with van der Waals surface area (Å²) in [5.74, 6) is 0. The number of halogens is 1. The third-order valence-electron chi connectivity index (χ3n) is 10.3. The first-order valence-electron chi connectivity index (χ1n) is 15.9. The summed E-state index contributed by atoms with van der Waals surface area (Å²) in [7, 11) is 0. The SMILES string of the molecule is Clc1ccc2c3cc4c(cc3c3c5ccccc5c5ccccc5c3c2c1)-c1ccccc1C4(c1ccccc1)c1ccccc1. The second kappa shape index (κ2) is 9.54. The lowest BCUT2D eigenvalue weighted by molar-refractivity contribution is 0.769. The largest absolute Gasteiger partial charge is 0.0843 e. The van der Waals surface area contributed by atoms with Gasteiger partial charge in [-0.1, -0.05) is 151 Å². The summed E-state index contributed by atoms with van der Waals surface area (Å²) >= 11 is 6.80. The molecule has 1 heteroatoms. The average Bonchev–Trinajstić information content (AvgIpc) is 3.41. The van der Waals surface area contributed by atoms with Crippen LogP contribution in [-0.2, 0) is 5.41 Å². The zero-order chi connectivity index (χ0) is 30.4. The van der Waals surface area contributed by atoms with Crippen molar-refractivity contribution in [2.75, 3.05) is 0 Å². The molecule has 1 aliphatic carbocycles. The molecule has 214 valence electrons. The number of benzene rings is 9. The summed E-state index contributed by atoms with van der Waals surface area (Å²) in [6, 6.07) is 60.3. The lowest BCUT2D eigenvalue weighted by atomic mass is 9.67. The minimum absolute atomic E-state index is 0.457. The van der Waals surface area contributed by atoms with E-state index in [0.717, 1.165) is 5.02 Å². The van der Waals surface area contributed by atoms with Crippen LogP contribution < -0.4 is 0 Å². The molecule has 0 fully saturated rings. The maximum absolute atomic E-state index is 6.80. The second-order valence-corrected chi connectivity index (χ2v) is 12.9. The van der Waals surface area contributed by atoms with Gasteiger partial charge in [-0.15, -0.1) is 0 Å². The van der Waals surface area contributed by atoms with Crippen LogP contribution in [0.3, 0.4) is 0 Å². The van der Waals surface area contributed by atoms with Crippen LogP contribution >= 0.6 is 11.6 Å². The zero-order valence-corrected chi connectivity index (χ0v) is 25.7. The summed E-state index contributed by atoms with van der Waals surface area (Å²) in [5.41, 5.74) is 7.32. The van der Waals surface area contributed by atoms with Crippen LogP contribution in [0.5, 0.6) is 0 Å². The van der Waals surface area contributed by atoms with Gasteiger partial charge in [-0.3, -0.25) is 0 Å². The van der Waals surface area contributed by atoms with Gasteiger partial charge in [0, 0.05) is 5.02 Å². The standard InChI is InChI=1S/C45H27Cl/c46-30-23-24-33-37-27-42-38(34-19-11-12-22-41(34)45(42,28-13-3-1-4-14-28)29-15-5-2-6-16-29)26-40(37)44-36-21-10-8-18-32(36)31-17-7-9-20-35(31)43(44)39(33)25-30/h1-27H. The molecule has 9 aromatic rings. The Morgan fingerprint density at radius 2 is 0.826 bits per heavy atom. The number of fused-ring (bicyclic) bond motifs is 14. The van der Waals surface area contributed by atoms with Crippen LogP contribution in [0.2, 0.25) is 5.02 Å². The normalized spacial score (nSPS) is 13.5. The highest BCUT2D eigenvalue weighted by atomic mass is 35.5.